The van der Waals surface area contributed by atoms with E-state index >= 15 is 0 Å². The molecule has 0 saturated carbocycles. The molecular weight excluding hydrogens is 366 g/mol. The van der Waals surface area contributed by atoms with E-state index in [4.69, 9.17) is 14.5 Å². The molecule has 0 bridgehead atoms. The zero-order valence-electron chi connectivity index (χ0n) is 17.4. The lowest BCUT2D eigenvalue weighted by Gasteiger charge is -2.19. The molecule has 29 heavy (non-hydrogen) atoms. The molecular formula is C23H29N3O3. The van der Waals surface area contributed by atoms with Crippen molar-refractivity contribution in [1.82, 2.24) is 9.88 Å². The van der Waals surface area contributed by atoms with E-state index in [9.17, 15) is 5.11 Å². The third kappa shape index (κ3) is 4.09. The smallest absolute Gasteiger partial charge is 0.163 e. The fraction of sp³-hybridized carbons (Fsp3) is 0.435. The Labute approximate surface area is 171 Å². The van der Waals surface area contributed by atoms with Crippen LogP contribution in [0.1, 0.15) is 19.8 Å². The molecule has 1 aliphatic rings. The number of methoxy groups -OCH3 is 1. The topological polar surface area (TPSA) is 66.9 Å². The van der Waals surface area contributed by atoms with Crippen molar-refractivity contribution in [2.24, 2.45) is 0 Å². The van der Waals surface area contributed by atoms with Crippen molar-refractivity contribution in [3.63, 3.8) is 0 Å². The first kappa shape index (κ1) is 19.7. The van der Waals surface area contributed by atoms with Gasteiger partial charge in [0.05, 0.1) is 36.0 Å². The van der Waals surface area contributed by atoms with E-state index in [2.05, 4.69) is 16.3 Å². The standard InChI is InChI=1S/C23H29N3O3/c1-23(27)9-11-26(15-23)10-6-12-29-21-14-19-17(13-20(21)28-3)22(24-2)16-7-4-5-8-18(16)25-19/h4-5,7-8,13-14,27H,6,9-12,15H2,1-3H3,(H,24,25). The number of ether oxygens (including phenoxy) is 2. The molecule has 4 rings (SSSR count). The molecule has 154 valence electrons. The van der Waals surface area contributed by atoms with Crippen LogP contribution >= 0.6 is 0 Å². The van der Waals surface area contributed by atoms with Crippen molar-refractivity contribution >= 4 is 27.5 Å². The minimum atomic E-state index is -0.554. The van der Waals surface area contributed by atoms with Crippen molar-refractivity contribution in [3.05, 3.63) is 36.4 Å². The molecule has 1 aliphatic heterocycles. The van der Waals surface area contributed by atoms with E-state index in [0.29, 0.717) is 18.1 Å². The molecule has 2 aromatic carbocycles. The Morgan fingerprint density at radius 2 is 2.00 bits per heavy atom. The molecule has 6 nitrogen and oxygen atoms in total. The van der Waals surface area contributed by atoms with Crippen LogP contribution in [-0.2, 0) is 0 Å². The normalized spacial score (nSPS) is 19.7. The second kappa shape index (κ2) is 8.05. The van der Waals surface area contributed by atoms with Gasteiger partial charge >= 0.3 is 0 Å². The first-order chi connectivity index (χ1) is 14.0. The first-order valence-electron chi connectivity index (χ1n) is 10.2. The van der Waals surface area contributed by atoms with Gasteiger partial charge in [0.2, 0.25) is 0 Å². The average molecular weight is 396 g/mol. The van der Waals surface area contributed by atoms with E-state index in [1.807, 2.05) is 44.3 Å². The number of pyridine rings is 1. The van der Waals surface area contributed by atoms with E-state index in [1.54, 1.807) is 7.11 Å². The highest BCUT2D eigenvalue weighted by molar-refractivity contribution is 6.08. The quantitative estimate of drug-likeness (QED) is 0.470. The lowest BCUT2D eigenvalue weighted by molar-refractivity contribution is 0.0681. The van der Waals surface area contributed by atoms with E-state index in [-0.39, 0.29) is 0 Å². The molecule has 1 unspecified atom stereocenters. The summed E-state index contributed by atoms with van der Waals surface area (Å²) in [6.07, 6.45) is 1.73. The summed E-state index contributed by atoms with van der Waals surface area (Å²) >= 11 is 0. The molecule has 1 atom stereocenters. The van der Waals surface area contributed by atoms with Crippen LogP contribution in [0.4, 0.5) is 5.69 Å². The molecule has 0 amide bonds. The van der Waals surface area contributed by atoms with Crippen molar-refractivity contribution in [1.29, 1.82) is 0 Å². The highest BCUT2D eigenvalue weighted by Crippen LogP contribution is 2.38. The van der Waals surface area contributed by atoms with Crippen LogP contribution in [0.25, 0.3) is 21.8 Å². The van der Waals surface area contributed by atoms with Crippen LogP contribution in [0.2, 0.25) is 0 Å². The number of fused-ring (bicyclic) bond motifs is 2. The van der Waals surface area contributed by atoms with Crippen LogP contribution in [0.5, 0.6) is 11.5 Å². The number of aromatic nitrogens is 1. The number of rotatable bonds is 7. The van der Waals surface area contributed by atoms with Crippen LogP contribution in [0.15, 0.2) is 36.4 Å². The van der Waals surface area contributed by atoms with Gasteiger partial charge in [0, 0.05) is 43.5 Å². The Morgan fingerprint density at radius 3 is 2.72 bits per heavy atom. The van der Waals surface area contributed by atoms with E-state index < -0.39 is 5.60 Å². The third-order valence-electron chi connectivity index (χ3n) is 5.62. The molecule has 1 fully saturated rings. The van der Waals surface area contributed by atoms with Crippen LogP contribution in [-0.4, -0.2) is 61.0 Å². The summed E-state index contributed by atoms with van der Waals surface area (Å²) in [5.74, 6) is 1.41. The van der Waals surface area contributed by atoms with Gasteiger partial charge < -0.3 is 24.8 Å². The second-order valence-corrected chi connectivity index (χ2v) is 8.00. The van der Waals surface area contributed by atoms with Gasteiger partial charge in [-0.1, -0.05) is 18.2 Å². The molecule has 3 aromatic rings. The van der Waals surface area contributed by atoms with Crippen molar-refractivity contribution in [3.8, 4) is 11.5 Å². The number of anilines is 1. The summed E-state index contributed by atoms with van der Waals surface area (Å²) in [6, 6.07) is 12.1. The largest absolute Gasteiger partial charge is 0.493 e. The zero-order chi connectivity index (χ0) is 20.4. The molecule has 1 saturated heterocycles. The number of likely N-dealkylation sites (tertiary alicyclic amines) is 1. The van der Waals surface area contributed by atoms with Crippen molar-refractivity contribution in [2.75, 3.05) is 45.7 Å². The monoisotopic (exact) mass is 395 g/mol. The number of nitrogens with one attached hydrogen (secondary N) is 1. The summed E-state index contributed by atoms with van der Waals surface area (Å²) in [5, 5.41) is 15.5. The maximum absolute atomic E-state index is 10.1. The molecule has 1 aromatic heterocycles. The highest BCUT2D eigenvalue weighted by Gasteiger charge is 2.30. The zero-order valence-corrected chi connectivity index (χ0v) is 17.4. The SMILES string of the molecule is CNc1c2ccccc2nc2cc(OCCCN3CCC(C)(O)C3)c(OC)cc12. The minimum Gasteiger partial charge on any atom is -0.493 e. The van der Waals surface area contributed by atoms with Gasteiger partial charge in [-0.15, -0.1) is 0 Å². The third-order valence-corrected chi connectivity index (χ3v) is 5.62. The van der Waals surface area contributed by atoms with Crippen LogP contribution < -0.4 is 14.8 Å². The number of hydrogen-bond donors (Lipinski definition) is 2. The van der Waals surface area contributed by atoms with Crippen LogP contribution in [0.3, 0.4) is 0 Å². The highest BCUT2D eigenvalue weighted by atomic mass is 16.5. The Bertz CT molecular complexity index is 1020. The number of aliphatic hydroxyl groups is 1. The summed E-state index contributed by atoms with van der Waals surface area (Å²) in [4.78, 5) is 7.10. The predicted molar refractivity (Wildman–Crippen MR) is 117 cm³/mol. The maximum atomic E-state index is 10.1. The Hall–Kier alpha value is -2.57. The molecule has 2 heterocycles. The van der Waals surface area contributed by atoms with Crippen molar-refractivity contribution in [2.45, 2.75) is 25.4 Å². The Balaban J connectivity index is 1.54. The van der Waals surface area contributed by atoms with Gasteiger partial charge in [0.25, 0.3) is 0 Å². The van der Waals surface area contributed by atoms with Gasteiger partial charge in [0.15, 0.2) is 11.5 Å². The maximum Gasteiger partial charge on any atom is 0.163 e. The molecule has 6 heteroatoms. The number of nitrogens with zero attached hydrogens (tertiary/aromatic N) is 2. The average Bonchev–Trinajstić information content (AvgIpc) is 3.07. The van der Waals surface area contributed by atoms with Crippen molar-refractivity contribution < 1.29 is 14.6 Å². The molecule has 0 spiro atoms. The lowest BCUT2D eigenvalue weighted by Crippen LogP contribution is -2.30. The number of benzene rings is 2. The Morgan fingerprint density at radius 1 is 1.17 bits per heavy atom. The summed E-state index contributed by atoms with van der Waals surface area (Å²) in [5.41, 5.74) is 2.31. The molecule has 2 N–H and O–H groups in total. The lowest BCUT2D eigenvalue weighted by atomic mass is 10.1. The fourth-order valence-corrected chi connectivity index (χ4v) is 4.14. The van der Waals surface area contributed by atoms with E-state index in [0.717, 1.165) is 60.0 Å². The summed E-state index contributed by atoms with van der Waals surface area (Å²) in [7, 11) is 3.59. The van der Waals surface area contributed by atoms with Gasteiger partial charge in [-0.3, -0.25) is 0 Å². The number of hydrogen-bond acceptors (Lipinski definition) is 6. The van der Waals surface area contributed by atoms with Crippen LogP contribution in [0, 0.1) is 0 Å². The summed E-state index contributed by atoms with van der Waals surface area (Å²) in [6.45, 7) is 5.08. The number of β-amino-alcohol motifs (C(OH)–C–C–N with tert-alkyl or cyclic N) is 1. The minimum absolute atomic E-state index is 0.554. The van der Waals surface area contributed by atoms with Gasteiger partial charge in [-0.25, -0.2) is 4.98 Å². The summed E-state index contributed by atoms with van der Waals surface area (Å²) < 4.78 is 11.7. The number of para-hydroxylation sites is 1. The molecule has 0 aliphatic carbocycles. The van der Waals surface area contributed by atoms with E-state index in [1.165, 1.54) is 0 Å². The van der Waals surface area contributed by atoms with Gasteiger partial charge in [-0.2, -0.15) is 0 Å². The first-order valence-corrected chi connectivity index (χ1v) is 10.2. The second-order valence-electron chi connectivity index (χ2n) is 8.00. The molecule has 0 radical (unpaired) electrons. The van der Waals surface area contributed by atoms with Gasteiger partial charge in [0.1, 0.15) is 0 Å². The predicted octanol–water partition coefficient (Wildman–Crippen LogP) is 3.66. The Kier molecular flexibility index (Phi) is 5.48. The fourth-order valence-electron chi connectivity index (χ4n) is 4.14. The van der Waals surface area contributed by atoms with Gasteiger partial charge in [-0.05, 0) is 31.9 Å².